The predicted molar refractivity (Wildman–Crippen MR) is 155 cm³/mol. The summed E-state index contributed by atoms with van der Waals surface area (Å²) in [6, 6.07) is 14.3. The van der Waals surface area contributed by atoms with Gasteiger partial charge in [-0.3, -0.25) is 4.79 Å². The van der Waals surface area contributed by atoms with E-state index in [9.17, 15) is 10.1 Å². The first-order valence-electron chi connectivity index (χ1n) is 13.0. The summed E-state index contributed by atoms with van der Waals surface area (Å²) in [4.78, 5) is 23.3. The van der Waals surface area contributed by atoms with E-state index in [2.05, 4.69) is 45.1 Å². The van der Waals surface area contributed by atoms with Crippen molar-refractivity contribution in [2.75, 3.05) is 45.0 Å². The van der Waals surface area contributed by atoms with Crippen LogP contribution in [0, 0.1) is 11.3 Å². The van der Waals surface area contributed by atoms with Gasteiger partial charge in [-0.1, -0.05) is 24.8 Å². The molecule has 10 heteroatoms. The molecule has 40 heavy (non-hydrogen) atoms. The zero-order chi connectivity index (χ0) is 28.2. The van der Waals surface area contributed by atoms with E-state index < -0.39 is 0 Å². The number of likely N-dealkylation sites (N-methyl/N-ethyl adjacent to an activating group) is 1. The van der Waals surface area contributed by atoms with Crippen LogP contribution < -0.4 is 20.1 Å². The normalized spacial score (nSPS) is 12.7. The van der Waals surface area contributed by atoms with Crippen LogP contribution in [0.15, 0.2) is 61.4 Å². The van der Waals surface area contributed by atoms with Crippen LogP contribution in [0.1, 0.15) is 24.4 Å². The highest BCUT2D eigenvalue weighted by Gasteiger charge is 2.27. The summed E-state index contributed by atoms with van der Waals surface area (Å²) in [5.74, 6) is 0.820. The number of para-hydroxylation sites is 1. The number of hydrogen-bond acceptors (Lipinski definition) is 8. The summed E-state index contributed by atoms with van der Waals surface area (Å²) >= 11 is 0. The van der Waals surface area contributed by atoms with Gasteiger partial charge in [-0.15, -0.1) is 0 Å². The van der Waals surface area contributed by atoms with Gasteiger partial charge in [-0.05, 0) is 45.1 Å². The highest BCUT2D eigenvalue weighted by atomic mass is 16.5. The molecular formula is C30H31N7O3. The number of anilines is 3. The Morgan fingerprint density at radius 2 is 2.05 bits per heavy atom. The lowest BCUT2D eigenvalue weighted by Gasteiger charge is -2.18. The highest BCUT2D eigenvalue weighted by Crippen LogP contribution is 2.42. The van der Waals surface area contributed by atoms with Crippen LogP contribution in [-0.4, -0.2) is 59.7 Å². The van der Waals surface area contributed by atoms with Crippen LogP contribution in [0.4, 0.5) is 17.3 Å². The molecule has 1 fully saturated rings. The van der Waals surface area contributed by atoms with Crippen LogP contribution >= 0.6 is 0 Å². The lowest BCUT2D eigenvalue weighted by atomic mass is 10.1. The summed E-state index contributed by atoms with van der Waals surface area (Å²) in [7, 11) is 5.45. The second-order valence-corrected chi connectivity index (χ2v) is 9.78. The second-order valence-electron chi connectivity index (χ2n) is 9.78. The Morgan fingerprint density at radius 3 is 2.75 bits per heavy atom. The molecular weight excluding hydrogens is 506 g/mol. The molecule has 0 unspecified atom stereocenters. The summed E-state index contributed by atoms with van der Waals surface area (Å²) in [6.07, 6.45) is 7.06. The first kappa shape index (κ1) is 26.7. The largest absolute Gasteiger partial charge is 0.494 e. The van der Waals surface area contributed by atoms with Gasteiger partial charge in [-0.25, -0.2) is 9.97 Å². The van der Waals surface area contributed by atoms with Crippen molar-refractivity contribution in [3.05, 3.63) is 67.0 Å². The maximum absolute atomic E-state index is 12.2. The van der Waals surface area contributed by atoms with Gasteiger partial charge in [0.15, 0.2) is 0 Å². The first-order valence-corrected chi connectivity index (χ1v) is 13.0. The summed E-state index contributed by atoms with van der Waals surface area (Å²) < 4.78 is 13.8. The smallest absolute Gasteiger partial charge is 0.247 e. The molecule has 0 saturated heterocycles. The summed E-state index contributed by atoms with van der Waals surface area (Å²) in [6.45, 7) is 4.64. The number of methoxy groups -OCH3 is 1. The van der Waals surface area contributed by atoms with Crippen molar-refractivity contribution < 1.29 is 14.3 Å². The summed E-state index contributed by atoms with van der Waals surface area (Å²) in [5.41, 5.74) is 3.86. The van der Waals surface area contributed by atoms with Crippen LogP contribution in [0.3, 0.4) is 0 Å². The number of ether oxygens (including phenoxy) is 2. The molecule has 1 aliphatic carbocycles. The van der Waals surface area contributed by atoms with Crippen molar-refractivity contribution in [1.82, 2.24) is 19.4 Å². The maximum atomic E-state index is 12.2. The van der Waals surface area contributed by atoms with E-state index in [1.165, 1.54) is 12.3 Å². The fraction of sp³-hybridized carbons (Fsp3) is 0.267. The molecule has 0 aliphatic heterocycles. The summed E-state index contributed by atoms with van der Waals surface area (Å²) in [5, 5.41) is 16.9. The van der Waals surface area contributed by atoms with Gasteiger partial charge in [0.05, 0.1) is 35.9 Å². The molecule has 1 amide bonds. The van der Waals surface area contributed by atoms with E-state index >= 15 is 0 Å². The highest BCUT2D eigenvalue weighted by molar-refractivity contribution is 6.01. The number of hydrogen-bond donors (Lipinski definition) is 2. The Labute approximate surface area is 232 Å². The third kappa shape index (κ3) is 5.60. The number of carbonyl (C=O) groups excluding carboxylic acids is 1. The number of rotatable bonds is 11. The van der Waals surface area contributed by atoms with Crippen molar-refractivity contribution >= 4 is 34.1 Å². The third-order valence-electron chi connectivity index (χ3n) is 6.63. The van der Waals surface area contributed by atoms with E-state index in [1.807, 2.05) is 37.2 Å². The van der Waals surface area contributed by atoms with E-state index in [1.54, 1.807) is 19.2 Å². The molecule has 1 aliphatic rings. The zero-order valence-corrected chi connectivity index (χ0v) is 22.8. The van der Waals surface area contributed by atoms with Crippen molar-refractivity contribution in [3.63, 3.8) is 0 Å². The molecule has 1 saturated carbocycles. The quantitative estimate of drug-likeness (QED) is 0.253. The van der Waals surface area contributed by atoms with Crippen molar-refractivity contribution in [1.29, 1.82) is 5.26 Å². The van der Waals surface area contributed by atoms with Crippen molar-refractivity contribution in [2.45, 2.75) is 18.9 Å². The van der Waals surface area contributed by atoms with E-state index in [-0.39, 0.29) is 11.9 Å². The number of carbonyl (C=O) groups is 1. The van der Waals surface area contributed by atoms with Gasteiger partial charge in [0.2, 0.25) is 11.9 Å². The topological polar surface area (TPSA) is 117 Å². The standard InChI is InChI=1S/C30H31N7O3/c1-5-28(38)33-24-14-23(26(39-4)15-27(24)40-13-12-36(2)3)34-30-32-17-19(16-31)29(35-30)22-18-37(20-10-11-20)25-9-7-6-8-21(22)25/h5-9,14-15,17-18,20H,1,10-13H2,2-4H3,(H,33,38)(H,32,34,35). The fourth-order valence-electron chi connectivity index (χ4n) is 4.46. The van der Waals surface area contributed by atoms with Gasteiger partial charge >= 0.3 is 0 Å². The molecule has 0 radical (unpaired) electrons. The van der Waals surface area contributed by atoms with E-state index in [0.29, 0.717) is 53.3 Å². The minimum Gasteiger partial charge on any atom is -0.494 e. The molecule has 10 nitrogen and oxygen atoms in total. The minimum atomic E-state index is -0.377. The number of fused-ring (bicyclic) bond motifs is 1. The third-order valence-corrected chi connectivity index (χ3v) is 6.63. The number of nitrogens with zero attached hydrogens (tertiary/aromatic N) is 5. The van der Waals surface area contributed by atoms with E-state index in [4.69, 9.17) is 14.5 Å². The maximum Gasteiger partial charge on any atom is 0.247 e. The van der Waals surface area contributed by atoms with Gasteiger partial charge in [0.25, 0.3) is 0 Å². The molecule has 2 heterocycles. The molecule has 2 N–H and O–H groups in total. The van der Waals surface area contributed by atoms with Crippen LogP contribution in [0.5, 0.6) is 11.5 Å². The second kappa shape index (κ2) is 11.5. The monoisotopic (exact) mass is 537 g/mol. The molecule has 2 aromatic carbocycles. The number of aromatic nitrogens is 3. The zero-order valence-electron chi connectivity index (χ0n) is 22.8. The van der Waals surface area contributed by atoms with Gasteiger partial charge in [0, 0.05) is 41.3 Å². The van der Waals surface area contributed by atoms with Gasteiger partial charge in [-0.2, -0.15) is 5.26 Å². The van der Waals surface area contributed by atoms with Crippen LogP contribution in [0.25, 0.3) is 22.2 Å². The number of nitriles is 1. The minimum absolute atomic E-state index is 0.276. The Bertz CT molecular complexity index is 1620. The lowest BCUT2D eigenvalue weighted by molar-refractivity contribution is -0.111. The number of amides is 1. The SMILES string of the molecule is C=CC(=O)Nc1cc(Nc2ncc(C#N)c(-c3cn(C4CC4)c4ccccc34)n2)c(OC)cc1OCCN(C)C. The molecule has 0 atom stereocenters. The van der Waals surface area contributed by atoms with Crippen molar-refractivity contribution in [2.24, 2.45) is 0 Å². The Hall–Kier alpha value is -4.88. The van der Waals surface area contributed by atoms with Crippen molar-refractivity contribution in [3.8, 4) is 28.8 Å². The Kier molecular flexibility index (Phi) is 7.66. The average molecular weight is 538 g/mol. The van der Waals surface area contributed by atoms with Gasteiger partial charge < -0.3 is 29.6 Å². The molecule has 5 rings (SSSR count). The number of benzene rings is 2. The molecule has 2 aromatic heterocycles. The first-order chi connectivity index (χ1) is 19.4. The predicted octanol–water partition coefficient (Wildman–Crippen LogP) is 5.12. The van der Waals surface area contributed by atoms with Crippen LogP contribution in [0.2, 0.25) is 0 Å². The van der Waals surface area contributed by atoms with E-state index in [0.717, 1.165) is 29.3 Å². The molecule has 0 bridgehead atoms. The van der Waals surface area contributed by atoms with Gasteiger partial charge in [0.1, 0.15) is 24.2 Å². The Morgan fingerprint density at radius 1 is 1.25 bits per heavy atom. The lowest BCUT2D eigenvalue weighted by Crippen LogP contribution is -2.20. The molecule has 4 aromatic rings. The van der Waals surface area contributed by atoms with Crippen LogP contribution in [-0.2, 0) is 4.79 Å². The fourth-order valence-corrected chi connectivity index (χ4v) is 4.46. The number of nitrogens with one attached hydrogen (secondary N) is 2. The molecule has 204 valence electrons. The Balaban J connectivity index is 1.53. The molecule has 0 spiro atoms. The average Bonchev–Trinajstić information content (AvgIpc) is 3.73.